The molecule has 2 aliphatic heterocycles. The predicted octanol–water partition coefficient (Wildman–Crippen LogP) is 1.82. The minimum absolute atomic E-state index is 0.105. The lowest BCUT2D eigenvalue weighted by molar-refractivity contribution is -0.118. The first-order chi connectivity index (χ1) is 12.9. The molecule has 1 amide bonds. The van der Waals surface area contributed by atoms with E-state index in [1.807, 2.05) is 0 Å². The molecule has 27 heavy (non-hydrogen) atoms. The van der Waals surface area contributed by atoms with Crippen molar-refractivity contribution in [2.45, 2.75) is 58.5 Å². The van der Waals surface area contributed by atoms with E-state index in [1.165, 1.54) is 0 Å². The van der Waals surface area contributed by atoms with Gasteiger partial charge in [0.15, 0.2) is 17.4 Å². The number of nitrogens with zero attached hydrogens (tertiary/aromatic N) is 3. The Morgan fingerprint density at radius 3 is 2.96 bits per heavy atom. The molecule has 2 bridgehead atoms. The van der Waals surface area contributed by atoms with Crippen molar-refractivity contribution in [3.63, 3.8) is 0 Å². The Balaban J connectivity index is 1.76. The first kappa shape index (κ1) is 18.1. The fourth-order valence-corrected chi connectivity index (χ4v) is 4.07. The molecule has 9 nitrogen and oxygen atoms in total. The van der Waals surface area contributed by atoms with Gasteiger partial charge in [0.2, 0.25) is 11.9 Å². The topological polar surface area (TPSA) is 111 Å². The SMILES string of the molecule is CC[C@@]12CCO[C@@H]([C@H](n3cnc4c(=O)[nH]c(NC(=O)C(C)C)nc43)O1)[C@@H]2C. The van der Waals surface area contributed by atoms with Gasteiger partial charge in [-0.3, -0.25) is 24.5 Å². The zero-order valence-corrected chi connectivity index (χ0v) is 16.0. The lowest BCUT2D eigenvalue weighted by atomic mass is 9.81. The van der Waals surface area contributed by atoms with Crippen LogP contribution in [0.4, 0.5) is 5.95 Å². The summed E-state index contributed by atoms with van der Waals surface area (Å²) in [4.78, 5) is 35.6. The summed E-state index contributed by atoms with van der Waals surface area (Å²) in [5.41, 5.74) is -0.0591. The summed E-state index contributed by atoms with van der Waals surface area (Å²) in [5, 5.41) is 2.64. The van der Waals surface area contributed by atoms with Gasteiger partial charge in [-0.2, -0.15) is 4.98 Å². The number of ether oxygens (including phenoxy) is 2. The van der Waals surface area contributed by atoms with Crippen molar-refractivity contribution in [3.05, 3.63) is 16.7 Å². The van der Waals surface area contributed by atoms with E-state index in [4.69, 9.17) is 9.47 Å². The van der Waals surface area contributed by atoms with Crippen LogP contribution in [0, 0.1) is 11.8 Å². The molecular formula is C18H25N5O4. The largest absolute Gasteiger partial charge is 0.373 e. The molecule has 2 fully saturated rings. The maximum Gasteiger partial charge on any atom is 0.280 e. The van der Waals surface area contributed by atoms with Gasteiger partial charge in [0.05, 0.1) is 11.9 Å². The number of aromatic amines is 1. The molecule has 146 valence electrons. The molecule has 2 saturated heterocycles. The number of carbonyl (C=O) groups is 1. The summed E-state index contributed by atoms with van der Waals surface area (Å²) in [6.45, 7) is 8.45. The van der Waals surface area contributed by atoms with Crippen LogP contribution in [0.5, 0.6) is 0 Å². The van der Waals surface area contributed by atoms with Gasteiger partial charge in [0, 0.05) is 24.9 Å². The number of H-pyrrole nitrogens is 1. The summed E-state index contributed by atoms with van der Waals surface area (Å²) in [6.07, 6.45) is 2.75. The third-order valence-electron chi connectivity index (χ3n) is 5.87. The third kappa shape index (κ3) is 2.76. The molecule has 0 aromatic carbocycles. The van der Waals surface area contributed by atoms with Gasteiger partial charge in [0.25, 0.3) is 5.56 Å². The molecule has 2 aliphatic rings. The van der Waals surface area contributed by atoms with Crippen molar-refractivity contribution in [1.82, 2.24) is 19.5 Å². The van der Waals surface area contributed by atoms with Gasteiger partial charge in [-0.15, -0.1) is 0 Å². The molecule has 0 aliphatic carbocycles. The van der Waals surface area contributed by atoms with E-state index in [9.17, 15) is 9.59 Å². The lowest BCUT2D eigenvalue weighted by Crippen LogP contribution is -2.42. The molecule has 4 rings (SSSR count). The smallest absolute Gasteiger partial charge is 0.280 e. The summed E-state index contributed by atoms with van der Waals surface area (Å²) < 4.78 is 14.2. The molecule has 9 heteroatoms. The zero-order chi connectivity index (χ0) is 19.3. The van der Waals surface area contributed by atoms with Gasteiger partial charge >= 0.3 is 0 Å². The Hall–Kier alpha value is -2.26. The van der Waals surface area contributed by atoms with Crippen LogP contribution in [0.2, 0.25) is 0 Å². The maximum atomic E-state index is 12.4. The molecular weight excluding hydrogens is 350 g/mol. The third-order valence-corrected chi connectivity index (χ3v) is 5.87. The highest BCUT2D eigenvalue weighted by molar-refractivity contribution is 5.91. The van der Waals surface area contributed by atoms with Crippen LogP contribution in [-0.2, 0) is 14.3 Å². The highest BCUT2D eigenvalue weighted by Crippen LogP contribution is 2.50. The van der Waals surface area contributed by atoms with Gasteiger partial charge in [-0.1, -0.05) is 27.7 Å². The second-order valence-corrected chi connectivity index (χ2v) is 7.68. The van der Waals surface area contributed by atoms with Crippen molar-refractivity contribution in [1.29, 1.82) is 0 Å². The molecule has 2 N–H and O–H groups in total. The molecule has 2 aromatic rings. The molecule has 0 saturated carbocycles. The predicted molar refractivity (Wildman–Crippen MR) is 98.3 cm³/mol. The number of amides is 1. The van der Waals surface area contributed by atoms with Crippen LogP contribution in [0.25, 0.3) is 11.2 Å². The molecule has 2 aromatic heterocycles. The lowest BCUT2D eigenvalue weighted by Gasteiger charge is -2.35. The molecule has 0 radical (unpaired) electrons. The molecule has 0 unspecified atom stereocenters. The Kier molecular flexibility index (Phi) is 4.31. The monoisotopic (exact) mass is 375 g/mol. The van der Waals surface area contributed by atoms with E-state index in [0.29, 0.717) is 12.3 Å². The number of anilines is 1. The number of hydrogen-bond donors (Lipinski definition) is 2. The number of rotatable bonds is 4. The van der Waals surface area contributed by atoms with Crippen molar-refractivity contribution >= 4 is 23.0 Å². The Labute approximate surface area is 156 Å². The van der Waals surface area contributed by atoms with Crippen LogP contribution in [0.1, 0.15) is 46.8 Å². The number of fused-ring (bicyclic) bond motifs is 3. The quantitative estimate of drug-likeness (QED) is 0.843. The molecule has 4 atom stereocenters. The first-order valence-electron chi connectivity index (χ1n) is 9.43. The van der Waals surface area contributed by atoms with Crippen LogP contribution in [0.15, 0.2) is 11.1 Å². The second kappa shape index (κ2) is 6.42. The fourth-order valence-electron chi connectivity index (χ4n) is 4.07. The fraction of sp³-hybridized carbons (Fsp3) is 0.667. The van der Waals surface area contributed by atoms with Crippen LogP contribution < -0.4 is 10.9 Å². The normalized spacial score (nSPS) is 30.2. The Bertz CT molecular complexity index is 935. The standard InChI is InChI=1S/C18H25N5O4/c1-5-18-6-7-26-12(10(18)4)16(27-18)23-8-19-11-13(23)20-17(22-15(11)25)21-14(24)9(2)3/h8-10,12,16H,5-7H2,1-4H3,(H2,20,21,22,24,25)/t10-,12+,16+,18-/m0/s1. The highest BCUT2D eigenvalue weighted by Gasteiger charge is 2.55. The summed E-state index contributed by atoms with van der Waals surface area (Å²) >= 11 is 0. The number of aromatic nitrogens is 4. The first-order valence-corrected chi connectivity index (χ1v) is 9.43. The molecule has 0 spiro atoms. The second-order valence-electron chi connectivity index (χ2n) is 7.68. The minimum atomic E-state index is -0.407. The van der Waals surface area contributed by atoms with Crippen molar-refractivity contribution in [3.8, 4) is 0 Å². The number of imidazole rings is 1. The van der Waals surface area contributed by atoms with Crippen molar-refractivity contribution in [2.24, 2.45) is 11.8 Å². The van der Waals surface area contributed by atoms with E-state index in [2.05, 4.69) is 34.1 Å². The van der Waals surface area contributed by atoms with Gasteiger partial charge in [-0.25, -0.2) is 4.98 Å². The Morgan fingerprint density at radius 2 is 2.30 bits per heavy atom. The zero-order valence-electron chi connectivity index (χ0n) is 16.0. The van der Waals surface area contributed by atoms with E-state index in [-0.39, 0.29) is 40.9 Å². The highest BCUT2D eigenvalue weighted by atomic mass is 16.6. The van der Waals surface area contributed by atoms with Crippen molar-refractivity contribution < 1.29 is 14.3 Å². The average Bonchev–Trinajstić information content (AvgIpc) is 3.09. The summed E-state index contributed by atoms with van der Waals surface area (Å²) in [6, 6.07) is 0. The summed E-state index contributed by atoms with van der Waals surface area (Å²) in [7, 11) is 0. The van der Waals surface area contributed by atoms with E-state index in [0.717, 1.165) is 12.8 Å². The van der Waals surface area contributed by atoms with Crippen molar-refractivity contribution in [2.75, 3.05) is 11.9 Å². The molecule has 4 heterocycles. The number of hydrogen-bond acceptors (Lipinski definition) is 6. The summed E-state index contributed by atoms with van der Waals surface area (Å²) in [5.74, 6) is -0.126. The van der Waals surface area contributed by atoms with Crippen LogP contribution in [0.3, 0.4) is 0 Å². The number of nitrogens with one attached hydrogen (secondary N) is 2. The van der Waals surface area contributed by atoms with E-state index >= 15 is 0 Å². The van der Waals surface area contributed by atoms with Gasteiger partial charge in [0.1, 0.15) is 6.10 Å². The Morgan fingerprint density at radius 1 is 1.52 bits per heavy atom. The minimum Gasteiger partial charge on any atom is -0.373 e. The van der Waals surface area contributed by atoms with Gasteiger partial charge in [-0.05, 0) is 6.42 Å². The maximum absolute atomic E-state index is 12.4. The van der Waals surface area contributed by atoms with E-state index in [1.54, 1.807) is 24.7 Å². The van der Waals surface area contributed by atoms with Crippen LogP contribution >= 0.6 is 0 Å². The van der Waals surface area contributed by atoms with Crippen LogP contribution in [-0.4, -0.2) is 43.7 Å². The van der Waals surface area contributed by atoms with E-state index < -0.39 is 11.8 Å². The average molecular weight is 375 g/mol. The number of carbonyl (C=O) groups excluding carboxylic acids is 1. The van der Waals surface area contributed by atoms with Gasteiger partial charge < -0.3 is 9.47 Å².